The highest BCUT2D eigenvalue weighted by Gasteiger charge is 2.42. The van der Waals surface area contributed by atoms with E-state index in [2.05, 4.69) is 85.6 Å². The minimum Gasteiger partial charge on any atom is -0.508 e. The molecule has 2 amide bonds. The van der Waals surface area contributed by atoms with Gasteiger partial charge in [-0.15, -0.1) is 35.0 Å². The molecule has 2 aromatic carbocycles. The monoisotopic (exact) mass is 1440 g/mol. The molecular weight excluding hydrogens is 1340 g/mol. The van der Waals surface area contributed by atoms with Gasteiger partial charge in [-0.1, -0.05) is 68.4 Å². The number of anilines is 1. The van der Waals surface area contributed by atoms with E-state index in [0.717, 1.165) is 61.3 Å². The molecule has 6 aliphatic rings. The molecule has 10 atom stereocenters. The third-order valence-corrected chi connectivity index (χ3v) is 19.6. The maximum atomic E-state index is 13.7. The highest BCUT2D eigenvalue weighted by molar-refractivity contribution is 8.00. The Hall–Kier alpha value is -5.79. The molecule has 0 saturated carbocycles. The molecule has 2 aromatic rings. The number of hydrogen-bond donors (Lipinski definition) is 6. The molecule has 20 nitrogen and oxygen atoms in total. The lowest BCUT2D eigenvalue weighted by Crippen LogP contribution is -2.46. The number of aromatic carboxylic acids is 1. The first-order chi connectivity index (χ1) is 46.9. The van der Waals surface area contributed by atoms with Crippen LogP contribution in [0.5, 0.6) is 5.75 Å². The van der Waals surface area contributed by atoms with Crippen LogP contribution in [0.1, 0.15) is 158 Å². The molecule has 0 spiro atoms. The quantitative estimate of drug-likeness (QED) is 0.00560. The number of aromatic hydroxyl groups is 1. The van der Waals surface area contributed by atoms with Crippen LogP contribution in [-0.4, -0.2) is 156 Å². The van der Waals surface area contributed by atoms with E-state index in [4.69, 9.17) is 61.8 Å². The van der Waals surface area contributed by atoms with Crippen LogP contribution in [0.2, 0.25) is 0 Å². The normalized spacial score (nSPS) is 22.3. The van der Waals surface area contributed by atoms with Crippen molar-refractivity contribution in [1.29, 1.82) is 0 Å². The lowest BCUT2D eigenvalue weighted by Gasteiger charge is -2.36. The standard InChI is InChI=1S/C41H44N2O10S.C17H31NO3S.C15H27NO3.CH2Cl2/c1-5-27(6-2)52-33-17-23(41(50)51-7-3)16-32(22(33)4)42-14-15-54-36-21-37(46)43(39(36)47)24-8-11-28(31(18-24)40(48)49)38-29-12-9-25(44)19-34(29)53-35-20-26(45)10-13-30(35)38;1-5-14(6-2)21-16-11-13(17(19)20-7-3)10-15(12(16)4)18-8-9-22;1-5-12(6-2)19-14-9-11(15(17)18-7-3)8-13(16)10(14)4;2-1-3/h8-13,17-20,22,27,32-33,36,42,44H,5-7,14-16,21H2,1-4H3,(H,48,49);11-12,14-16,18,22H,5-10H2,1-4H3;9-10,12-14H,5-8,16H2,1-4H3;1H2/t22-,32+,33-,36?;12-,15+,16-;10-,13+,14-;/m111./s1. The number of esters is 3. The number of thiol groups is 1. The fraction of sp³-hybridized carbons (Fsp3) is 0.581. The average molecular weight is 1440 g/mol. The zero-order valence-electron chi connectivity index (χ0n) is 58.9. The first-order valence-corrected chi connectivity index (χ1v) is 37.3. The Balaban J connectivity index is 0.000000322. The molecule has 1 saturated heterocycles. The van der Waals surface area contributed by atoms with Gasteiger partial charge in [0.25, 0.3) is 0 Å². The number of nitrogens with zero attached hydrogens (tertiary/aromatic N) is 1. The molecule has 2 heterocycles. The van der Waals surface area contributed by atoms with Gasteiger partial charge in [0, 0.05) is 112 Å². The Morgan fingerprint density at radius 1 is 0.643 bits per heavy atom. The second kappa shape index (κ2) is 41.8. The molecule has 6 N–H and O–H groups in total. The molecule has 542 valence electrons. The number of phenols is 1. The summed E-state index contributed by atoms with van der Waals surface area (Å²) in [6.45, 7) is 26.8. The fourth-order valence-electron chi connectivity index (χ4n) is 12.4. The smallest absolute Gasteiger partial charge is 0.336 e. The second-order valence-corrected chi connectivity index (χ2v) is 27.2. The van der Waals surface area contributed by atoms with E-state index in [9.17, 15) is 43.8 Å². The molecule has 2 aliphatic heterocycles. The number of carboxylic acids is 1. The molecule has 1 unspecified atom stereocenters. The van der Waals surface area contributed by atoms with E-state index in [1.807, 2.05) is 32.1 Å². The average Bonchev–Trinajstić information content (AvgIpc) is 0.888. The summed E-state index contributed by atoms with van der Waals surface area (Å²) in [5.41, 5.74) is 9.22. The number of carbonyl (C=O) groups is 6. The number of halogens is 2. The van der Waals surface area contributed by atoms with Crippen LogP contribution in [0.3, 0.4) is 0 Å². The van der Waals surface area contributed by atoms with Gasteiger partial charge in [-0.25, -0.2) is 24.1 Å². The minimum atomic E-state index is -1.28. The molecular formula is C74H104Cl2N4O16S2. The van der Waals surface area contributed by atoms with Gasteiger partial charge in [-0.3, -0.25) is 14.4 Å². The van der Waals surface area contributed by atoms with Crippen molar-refractivity contribution < 1.29 is 71.8 Å². The summed E-state index contributed by atoms with van der Waals surface area (Å²) in [5.74, 6) is -0.944. The Morgan fingerprint density at radius 2 is 1.11 bits per heavy atom. The summed E-state index contributed by atoms with van der Waals surface area (Å²) in [6.07, 6.45) is 13.2. The zero-order valence-corrected chi connectivity index (χ0v) is 62.1. The number of alkyl halides is 2. The van der Waals surface area contributed by atoms with Crippen molar-refractivity contribution in [2.75, 3.05) is 54.7 Å². The van der Waals surface area contributed by atoms with Crippen molar-refractivity contribution in [2.45, 2.75) is 207 Å². The minimum absolute atomic E-state index is 0.0367. The number of nitrogens with two attached hydrogens (primary N) is 1. The highest BCUT2D eigenvalue weighted by Crippen LogP contribution is 2.44. The molecule has 0 bridgehead atoms. The number of amides is 2. The number of benzene rings is 3. The van der Waals surface area contributed by atoms with E-state index in [1.54, 1.807) is 25.1 Å². The van der Waals surface area contributed by atoms with Crippen LogP contribution < -0.4 is 26.7 Å². The van der Waals surface area contributed by atoms with Crippen LogP contribution in [-0.2, 0) is 52.4 Å². The van der Waals surface area contributed by atoms with Crippen molar-refractivity contribution in [1.82, 2.24) is 10.6 Å². The number of thioether (sulfide) groups is 1. The maximum Gasteiger partial charge on any atom is 0.336 e. The molecule has 98 heavy (non-hydrogen) atoms. The number of rotatable bonds is 29. The molecule has 0 radical (unpaired) electrons. The van der Waals surface area contributed by atoms with Crippen LogP contribution in [0.15, 0.2) is 98.8 Å². The number of carbonyl (C=O) groups excluding carboxylic acids is 5. The van der Waals surface area contributed by atoms with Crippen molar-refractivity contribution in [3.8, 4) is 28.2 Å². The van der Waals surface area contributed by atoms with Crippen molar-refractivity contribution >= 4 is 99.9 Å². The van der Waals surface area contributed by atoms with Gasteiger partial charge in [0.15, 0.2) is 5.43 Å². The summed E-state index contributed by atoms with van der Waals surface area (Å²) in [6, 6.07) is 13.1. The van der Waals surface area contributed by atoms with E-state index in [1.165, 1.54) is 48.2 Å². The van der Waals surface area contributed by atoms with Crippen LogP contribution in [0.25, 0.3) is 33.4 Å². The third kappa shape index (κ3) is 22.9. The van der Waals surface area contributed by atoms with E-state index in [-0.39, 0.29) is 142 Å². The number of fused-ring (bicyclic) bond motifs is 2. The molecule has 4 aliphatic carbocycles. The summed E-state index contributed by atoms with van der Waals surface area (Å²) in [5, 5.41) is 27.6. The van der Waals surface area contributed by atoms with Crippen molar-refractivity contribution in [3.63, 3.8) is 0 Å². The van der Waals surface area contributed by atoms with Crippen molar-refractivity contribution in [2.24, 2.45) is 23.5 Å². The number of nitrogens with one attached hydrogen (secondary N) is 2. The van der Waals surface area contributed by atoms with Crippen LogP contribution >= 0.6 is 47.6 Å². The molecule has 8 rings (SSSR count). The summed E-state index contributed by atoms with van der Waals surface area (Å²) in [4.78, 5) is 89.6. The van der Waals surface area contributed by atoms with Crippen LogP contribution in [0.4, 0.5) is 5.69 Å². The van der Waals surface area contributed by atoms with Gasteiger partial charge in [0.2, 0.25) is 11.8 Å². The molecule has 0 aromatic heterocycles. The van der Waals surface area contributed by atoms with Crippen LogP contribution in [0, 0.1) is 17.8 Å². The van der Waals surface area contributed by atoms with Crippen molar-refractivity contribution in [3.05, 3.63) is 105 Å². The lowest BCUT2D eigenvalue weighted by molar-refractivity contribution is -0.140. The fourth-order valence-corrected chi connectivity index (χ4v) is 13.6. The maximum absolute atomic E-state index is 13.7. The predicted molar refractivity (Wildman–Crippen MR) is 392 cm³/mol. The van der Waals surface area contributed by atoms with Gasteiger partial charge >= 0.3 is 23.9 Å². The Labute approximate surface area is 597 Å². The first kappa shape index (κ1) is 82.9. The molecule has 1 fully saturated rings. The van der Waals surface area contributed by atoms with Gasteiger partial charge in [0.1, 0.15) is 17.1 Å². The number of carboxylic acid groups (broad SMARTS) is 1. The first-order valence-electron chi connectivity index (χ1n) is 34.6. The topological polar surface area (TPSA) is 282 Å². The summed E-state index contributed by atoms with van der Waals surface area (Å²) in [7, 11) is 0. The number of hydrogen-bond acceptors (Lipinski definition) is 20. The van der Waals surface area contributed by atoms with Gasteiger partial charge in [0.05, 0.1) is 78.3 Å². The second-order valence-electron chi connectivity index (χ2n) is 24.6. The van der Waals surface area contributed by atoms with Gasteiger partial charge in [-0.2, -0.15) is 12.6 Å². The zero-order chi connectivity index (χ0) is 72.3. The number of phenolic OH excluding ortho intramolecular Hbond substituents is 1. The Morgan fingerprint density at radius 3 is 1.58 bits per heavy atom. The summed E-state index contributed by atoms with van der Waals surface area (Å²) >= 11 is 15.1. The lowest BCUT2D eigenvalue weighted by atomic mass is 9.83. The molecule has 24 heteroatoms. The van der Waals surface area contributed by atoms with E-state index in [0.29, 0.717) is 78.4 Å². The third-order valence-electron chi connectivity index (χ3n) is 18.2. The Kier molecular flexibility index (Phi) is 35.4. The number of imide groups is 1. The van der Waals surface area contributed by atoms with E-state index < -0.39 is 23.0 Å². The predicted octanol–water partition coefficient (Wildman–Crippen LogP) is 13.2. The largest absolute Gasteiger partial charge is 0.508 e. The SMILES string of the molecule is CCOC(=O)C1=C[C@@H](OC(CC)CC)[C@H](C)[C@@H](N)C1.CCOC(=O)C1=C[C@@H](OC(CC)CC)[C@H](C)[C@@H](NCCS)C1.CCOC(=O)C1=C[C@@H](OC(CC)CC)[C@H](C)[C@@H](NCCSC2CC(=O)N(c3ccc(-c4c5ccc(=O)cc-5oc5cc(O)ccc45)c(C(=O)O)c3)C2=O)C1.ClCCl. The van der Waals surface area contributed by atoms with E-state index >= 15 is 0 Å². The van der Waals surface area contributed by atoms with Gasteiger partial charge in [-0.05, 0) is 139 Å². The Bertz CT molecular complexity index is 3390. The number of ether oxygens (including phenoxy) is 6. The highest BCUT2D eigenvalue weighted by atomic mass is 35.5. The van der Waals surface area contributed by atoms with Gasteiger partial charge < -0.3 is 59.4 Å². The summed E-state index contributed by atoms with van der Waals surface area (Å²) < 4.78 is 40.1.